The second-order valence-corrected chi connectivity index (χ2v) is 7.68. The lowest BCUT2D eigenvalue weighted by atomic mass is 10.1. The van der Waals surface area contributed by atoms with Crippen molar-refractivity contribution in [1.82, 2.24) is 19.9 Å². The largest absolute Gasteiger partial charge is 0.437 e. The lowest BCUT2D eigenvalue weighted by molar-refractivity contribution is 0.0330. The minimum absolute atomic E-state index is 0.575. The summed E-state index contributed by atoms with van der Waals surface area (Å²) in [4.78, 5) is 17.1. The second kappa shape index (κ2) is 8.24. The number of nitrogens with zero attached hydrogens (tertiary/aromatic N) is 4. The van der Waals surface area contributed by atoms with Crippen molar-refractivity contribution < 1.29 is 9.47 Å². The number of morpholine rings is 1. The van der Waals surface area contributed by atoms with E-state index >= 15 is 0 Å². The highest BCUT2D eigenvalue weighted by Gasteiger charge is 2.19. The predicted molar refractivity (Wildman–Crippen MR) is 113 cm³/mol. The van der Waals surface area contributed by atoms with E-state index in [-0.39, 0.29) is 0 Å². The van der Waals surface area contributed by atoms with Gasteiger partial charge in [0.25, 0.3) is 0 Å². The van der Waals surface area contributed by atoms with Crippen molar-refractivity contribution >= 4 is 21.6 Å². The Balaban J connectivity index is 1.58. The topological polar surface area (TPSA) is 60.4 Å². The number of hydrogen-bond acceptors (Lipinski definition) is 7. The number of benzene rings is 1. The summed E-state index contributed by atoms with van der Waals surface area (Å²) in [7, 11) is 0. The summed E-state index contributed by atoms with van der Waals surface area (Å²) in [5.41, 5.74) is 2.21. The van der Waals surface area contributed by atoms with Gasteiger partial charge in [-0.15, -0.1) is 11.3 Å². The fraction of sp³-hybridized carbons (Fsp3) is 0.227. The first kappa shape index (κ1) is 18.2. The van der Waals surface area contributed by atoms with Gasteiger partial charge in [-0.3, -0.25) is 9.88 Å². The van der Waals surface area contributed by atoms with Crippen LogP contribution in [0.3, 0.4) is 0 Å². The molecular weight excluding hydrogens is 384 g/mol. The standard InChI is InChI=1S/C22H20N4O2S/c1-2-5-16(6-3-1)18-15-29-22-20(18)21(28-17-7-4-8-23-13-17)24-19(25-22)14-26-9-11-27-12-10-26/h1-8,13,15H,9-12,14H2. The number of rotatable bonds is 5. The zero-order chi connectivity index (χ0) is 19.5. The Morgan fingerprint density at radius 2 is 1.90 bits per heavy atom. The van der Waals surface area contributed by atoms with Crippen molar-refractivity contribution in [3.8, 4) is 22.8 Å². The number of hydrogen-bond donors (Lipinski definition) is 0. The van der Waals surface area contributed by atoms with Crippen molar-refractivity contribution in [2.24, 2.45) is 0 Å². The Bertz CT molecular complexity index is 1100. The first-order valence-corrected chi connectivity index (χ1v) is 10.5. The lowest BCUT2D eigenvalue weighted by Gasteiger charge is -2.25. The Morgan fingerprint density at radius 1 is 1.03 bits per heavy atom. The summed E-state index contributed by atoms with van der Waals surface area (Å²) in [5.74, 6) is 2.00. The Labute approximate surface area is 172 Å². The van der Waals surface area contributed by atoms with Gasteiger partial charge in [-0.1, -0.05) is 30.3 Å². The van der Waals surface area contributed by atoms with Crippen LogP contribution in [0.15, 0.2) is 60.2 Å². The molecule has 3 aromatic heterocycles. The molecule has 5 rings (SSSR count). The lowest BCUT2D eigenvalue weighted by Crippen LogP contribution is -2.36. The molecule has 146 valence electrons. The van der Waals surface area contributed by atoms with Crippen LogP contribution in [-0.2, 0) is 11.3 Å². The van der Waals surface area contributed by atoms with E-state index in [0.29, 0.717) is 18.2 Å². The molecule has 0 saturated carbocycles. The van der Waals surface area contributed by atoms with Crippen molar-refractivity contribution in [2.75, 3.05) is 26.3 Å². The van der Waals surface area contributed by atoms with Gasteiger partial charge in [0.1, 0.15) is 16.4 Å². The fourth-order valence-corrected chi connectivity index (χ4v) is 4.36. The van der Waals surface area contributed by atoms with E-state index < -0.39 is 0 Å². The fourth-order valence-electron chi connectivity index (χ4n) is 3.41. The molecule has 0 bridgehead atoms. The van der Waals surface area contributed by atoms with Crippen LogP contribution in [0.2, 0.25) is 0 Å². The van der Waals surface area contributed by atoms with E-state index in [1.165, 1.54) is 0 Å². The molecule has 1 fully saturated rings. The summed E-state index contributed by atoms with van der Waals surface area (Å²) in [6.07, 6.45) is 3.43. The van der Waals surface area contributed by atoms with Crippen molar-refractivity contribution in [1.29, 1.82) is 0 Å². The van der Waals surface area contributed by atoms with E-state index in [9.17, 15) is 0 Å². The molecule has 6 nitrogen and oxygen atoms in total. The number of pyridine rings is 1. The van der Waals surface area contributed by atoms with Gasteiger partial charge in [-0.2, -0.15) is 4.98 Å². The molecule has 1 aromatic carbocycles. The van der Waals surface area contributed by atoms with Gasteiger partial charge in [0.2, 0.25) is 5.88 Å². The van der Waals surface area contributed by atoms with Gasteiger partial charge in [0, 0.05) is 30.2 Å². The Morgan fingerprint density at radius 3 is 2.69 bits per heavy atom. The smallest absolute Gasteiger partial charge is 0.232 e. The van der Waals surface area contributed by atoms with Crippen molar-refractivity contribution in [2.45, 2.75) is 6.54 Å². The van der Waals surface area contributed by atoms with Crippen LogP contribution >= 0.6 is 11.3 Å². The first-order chi connectivity index (χ1) is 14.4. The molecule has 1 aliphatic heterocycles. The maximum absolute atomic E-state index is 6.19. The zero-order valence-electron chi connectivity index (χ0n) is 15.8. The number of thiophene rings is 1. The molecule has 1 saturated heterocycles. The van der Waals surface area contributed by atoms with Crippen LogP contribution in [0.5, 0.6) is 11.6 Å². The third-order valence-corrected chi connectivity index (χ3v) is 5.72. The van der Waals surface area contributed by atoms with Crippen LogP contribution in [0.1, 0.15) is 5.82 Å². The van der Waals surface area contributed by atoms with Gasteiger partial charge >= 0.3 is 0 Å². The summed E-state index contributed by atoms with van der Waals surface area (Å²) in [6.45, 7) is 3.96. The molecule has 0 atom stereocenters. The van der Waals surface area contributed by atoms with Crippen LogP contribution in [0.4, 0.5) is 0 Å². The Hall–Kier alpha value is -2.87. The van der Waals surface area contributed by atoms with E-state index in [1.807, 2.05) is 30.3 Å². The highest BCUT2D eigenvalue weighted by atomic mass is 32.1. The molecule has 0 amide bonds. The summed E-state index contributed by atoms with van der Waals surface area (Å²) >= 11 is 1.62. The summed E-state index contributed by atoms with van der Waals surface area (Å²) in [6, 6.07) is 14.0. The molecule has 0 N–H and O–H groups in total. The average molecular weight is 404 g/mol. The van der Waals surface area contributed by atoms with E-state index in [0.717, 1.165) is 53.5 Å². The van der Waals surface area contributed by atoms with Gasteiger partial charge < -0.3 is 9.47 Å². The first-order valence-electron chi connectivity index (χ1n) is 9.58. The minimum atomic E-state index is 0.575. The average Bonchev–Trinajstić information content (AvgIpc) is 3.20. The molecular formula is C22H20N4O2S. The van der Waals surface area contributed by atoms with Gasteiger partial charge in [-0.05, 0) is 17.7 Å². The predicted octanol–water partition coefficient (Wildman–Crippen LogP) is 4.38. The highest BCUT2D eigenvalue weighted by Crippen LogP contribution is 2.39. The highest BCUT2D eigenvalue weighted by molar-refractivity contribution is 7.17. The minimum Gasteiger partial charge on any atom is -0.437 e. The van der Waals surface area contributed by atoms with Gasteiger partial charge in [-0.25, -0.2) is 4.98 Å². The van der Waals surface area contributed by atoms with E-state index in [4.69, 9.17) is 19.4 Å². The van der Waals surface area contributed by atoms with E-state index in [1.54, 1.807) is 23.7 Å². The van der Waals surface area contributed by atoms with Crippen molar-refractivity contribution in [3.63, 3.8) is 0 Å². The van der Waals surface area contributed by atoms with Gasteiger partial charge in [0.05, 0.1) is 31.3 Å². The quantitative estimate of drug-likeness (QED) is 0.492. The summed E-state index contributed by atoms with van der Waals surface area (Å²) < 4.78 is 11.6. The van der Waals surface area contributed by atoms with Crippen LogP contribution in [0.25, 0.3) is 21.3 Å². The number of fused-ring (bicyclic) bond motifs is 1. The molecule has 0 radical (unpaired) electrons. The monoisotopic (exact) mass is 404 g/mol. The van der Waals surface area contributed by atoms with E-state index in [2.05, 4.69) is 27.4 Å². The van der Waals surface area contributed by atoms with Crippen LogP contribution in [-0.4, -0.2) is 46.2 Å². The molecule has 29 heavy (non-hydrogen) atoms. The molecule has 0 aliphatic carbocycles. The molecule has 0 spiro atoms. The van der Waals surface area contributed by atoms with Crippen LogP contribution < -0.4 is 4.74 Å². The van der Waals surface area contributed by atoms with Gasteiger partial charge in [0.15, 0.2) is 0 Å². The zero-order valence-corrected chi connectivity index (χ0v) is 16.6. The molecule has 0 unspecified atom stereocenters. The molecule has 7 heteroatoms. The molecule has 4 heterocycles. The van der Waals surface area contributed by atoms with Crippen molar-refractivity contribution in [3.05, 3.63) is 66.1 Å². The number of ether oxygens (including phenoxy) is 2. The van der Waals surface area contributed by atoms with Crippen LogP contribution in [0, 0.1) is 0 Å². The maximum Gasteiger partial charge on any atom is 0.232 e. The third-order valence-electron chi connectivity index (χ3n) is 4.85. The molecule has 1 aliphatic rings. The molecule has 4 aromatic rings. The SMILES string of the molecule is c1ccc(-c2csc3nc(CN4CCOCC4)nc(Oc4cccnc4)c23)cc1. The third kappa shape index (κ3) is 3.98. The summed E-state index contributed by atoms with van der Waals surface area (Å²) in [5, 5.41) is 3.07. The Kier molecular flexibility index (Phi) is 5.17. The number of aromatic nitrogens is 3. The second-order valence-electron chi connectivity index (χ2n) is 6.82. The normalized spacial score (nSPS) is 14.9. The maximum atomic E-state index is 6.19.